The molecule has 1 aliphatic rings. The van der Waals surface area contributed by atoms with Crippen molar-refractivity contribution in [3.05, 3.63) is 0 Å². The molecule has 0 bridgehead atoms. The summed E-state index contributed by atoms with van der Waals surface area (Å²) < 4.78 is 25.9. The Balaban J connectivity index is 2.49. The fourth-order valence-electron chi connectivity index (χ4n) is 3.13. The molecule has 5 nitrogen and oxygen atoms in total. The highest BCUT2D eigenvalue weighted by atomic mass is 32.2. The average Bonchev–Trinajstić information content (AvgIpc) is 2.55. The van der Waals surface area contributed by atoms with E-state index in [0.29, 0.717) is 32.0 Å². The maximum absolute atomic E-state index is 12.4. The number of nitrogens with zero attached hydrogens (tertiary/aromatic N) is 1. The van der Waals surface area contributed by atoms with Gasteiger partial charge in [-0.3, -0.25) is 4.79 Å². The van der Waals surface area contributed by atoms with Crippen LogP contribution < -0.4 is 5.32 Å². The van der Waals surface area contributed by atoms with E-state index >= 15 is 0 Å². The van der Waals surface area contributed by atoms with E-state index < -0.39 is 10.0 Å². The topological polar surface area (TPSA) is 66.5 Å². The summed E-state index contributed by atoms with van der Waals surface area (Å²) in [5, 5.41) is 3.06. The zero-order chi connectivity index (χ0) is 17.3. The summed E-state index contributed by atoms with van der Waals surface area (Å²) in [6, 6.07) is 0. The van der Waals surface area contributed by atoms with Crippen molar-refractivity contribution in [3.8, 4) is 0 Å². The lowest BCUT2D eigenvalue weighted by atomic mass is 9.96. The van der Waals surface area contributed by atoms with Gasteiger partial charge in [0.2, 0.25) is 15.9 Å². The van der Waals surface area contributed by atoms with Gasteiger partial charge in [-0.25, -0.2) is 12.7 Å². The number of sulfonamides is 1. The Morgan fingerprint density at radius 2 is 2.00 bits per heavy atom. The second-order valence-electron chi connectivity index (χ2n) is 6.67. The summed E-state index contributed by atoms with van der Waals surface area (Å²) in [6.07, 6.45) is 6.77. The molecular formula is C17H34N2O3S. The molecule has 1 fully saturated rings. The van der Waals surface area contributed by atoms with Crippen molar-refractivity contribution in [1.29, 1.82) is 0 Å². The first-order valence-electron chi connectivity index (χ1n) is 9.20. The number of unbranched alkanes of at least 4 members (excludes halogenated alkanes) is 1. The predicted octanol–water partition coefficient (Wildman–Crippen LogP) is 2.77. The molecule has 6 heteroatoms. The van der Waals surface area contributed by atoms with Crippen molar-refractivity contribution < 1.29 is 13.2 Å². The summed E-state index contributed by atoms with van der Waals surface area (Å²) in [6.45, 7) is 7.82. The first kappa shape index (κ1) is 20.4. The monoisotopic (exact) mass is 346 g/mol. The van der Waals surface area contributed by atoms with Crippen LogP contribution in [-0.2, 0) is 14.8 Å². The van der Waals surface area contributed by atoms with Crippen molar-refractivity contribution >= 4 is 15.9 Å². The third-order valence-electron chi connectivity index (χ3n) is 4.72. The van der Waals surface area contributed by atoms with Gasteiger partial charge in [-0.1, -0.05) is 40.0 Å². The van der Waals surface area contributed by atoms with Gasteiger partial charge in [0.25, 0.3) is 0 Å². The largest absolute Gasteiger partial charge is 0.356 e. The van der Waals surface area contributed by atoms with Crippen LogP contribution in [0.15, 0.2) is 0 Å². The standard InChI is InChI=1S/C17H34N2O3S/c1-4-7-9-15(6-3)13-18-17(20)16-10-8-11-19(14-16)23(21,22)12-5-2/h15-16H,4-14H2,1-3H3,(H,18,20)/t15-,16-/m1/s1. The fraction of sp³-hybridized carbons (Fsp3) is 0.941. The summed E-state index contributed by atoms with van der Waals surface area (Å²) in [5.41, 5.74) is 0. The first-order valence-corrected chi connectivity index (χ1v) is 10.8. The molecule has 1 aliphatic heterocycles. The molecule has 2 atom stereocenters. The van der Waals surface area contributed by atoms with Gasteiger partial charge >= 0.3 is 0 Å². The Morgan fingerprint density at radius 3 is 2.61 bits per heavy atom. The maximum Gasteiger partial charge on any atom is 0.224 e. The highest BCUT2D eigenvalue weighted by Gasteiger charge is 2.31. The zero-order valence-corrected chi connectivity index (χ0v) is 15.8. The summed E-state index contributed by atoms with van der Waals surface area (Å²) >= 11 is 0. The SMILES string of the molecule is CCCC[C@@H](CC)CNC(=O)[C@@H]1CCCN(S(=O)(=O)CCC)C1. The molecule has 136 valence electrons. The molecule has 0 saturated carbocycles. The van der Waals surface area contributed by atoms with Crippen molar-refractivity contribution in [2.24, 2.45) is 11.8 Å². The van der Waals surface area contributed by atoms with E-state index in [2.05, 4.69) is 19.2 Å². The highest BCUT2D eigenvalue weighted by Crippen LogP contribution is 2.20. The van der Waals surface area contributed by atoms with Crippen molar-refractivity contribution in [3.63, 3.8) is 0 Å². The van der Waals surface area contributed by atoms with Crippen LogP contribution >= 0.6 is 0 Å². The molecule has 0 aromatic heterocycles. The van der Waals surface area contributed by atoms with Crippen LogP contribution in [0.4, 0.5) is 0 Å². The Labute approximate surface area is 142 Å². The van der Waals surface area contributed by atoms with Gasteiger partial charge in [0, 0.05) is 19.6 Å². The summed E-state index contributed by atoms with van der Waals surface area (Å²) in [7, 11) is -3.19. The molecular weight excluding hydrogens is 312 g/mol. The van der Waals surface area contributed by atoms with Crippen LogP contribution in [0.5, 0.6) is 0 Å². The van der Waals surface area contributed by atoms with Gasteiger partial charge in [0.1, 0.15) is 0 Å². The molecule has 1 N–H and O–H groups in total. The Kier molecular flexibility index (Phi) is 9.14. The van der Waals surface area contributed by atoms with Gasteiger partial charge in [0.15, 0.2) is 0 Å². The maximum atomic E-state index is 12.4. The number of rotatable bonds is 10. The highest BCUT2D eigenvalue weighted by molar-refractivity contribution is 7.89. The van der Waals surface area contributed by atoms with Crippen LogP contribution in [0.25, 0.3) is 0 Å². The second-order valence-corrected chi connectivity index (χ2v) is 8.76. The number of piperidine rings is 1. The van der Waals surface area contributed by atoms with Crippen LogP contribution in [0.2, 0.25) is 0 Å². The average molecular weight is 347 g/mol. The third kappa shape index (κ3) is 6.79. The minimum absolute atomic E-state index is 0.0244. The molecule has 1 amide bonds. The number of amides is 1. The van der Waals surface area contributed by atoms with Gasteiger partial charge in [-0.15, -0.1) is 0 Å². The normalized spacial score (nSPS) is 21.1. The van der Waals surface area contributed by atoms with Gasteiger partial charge in [-0.05, 0) is 31.6 Å². The van der Waals surface area contributed by atoms with Gasteiger partial charge < -0.3 is 5.32 Å². The lowest BCUT2D eigenvalue weighted by molar-refractivity contribution is -0.126. The lowest BCUT2D eigenvalue weighted by Gasteiger charge is -2.31. The molecule has 0 unspecified atom stereocenters. The summed E-state index contributed by atoms with van der Waals surface area (Å²) in [4.78, 5) is 12.4. The van der Waals surface area contributed by atoms with Crippen LogP contribution in [0.3, 0.4) is 0 Å². The molecule has 0 aliphatic carbocycles. The van der Waals surface area contributed by atoms with E-state index in [1.165, 1.54) is 17.1 Å². The molecule has 23 heavy (non-hydrogen) atoms. The van der Waals surface area contributed by atoms with Gasteiger partial charge in [-0.2, -0.15) is 0 Å². The number of hydrogen-bond donors (Lipinski definition) is 1. The van der Waals surface area contributed by atoms with Crippen molar-refractivity contribution in [2.75, 3.05) is 25.4 Å². The first-order chi connectivity index (χ1) is 10.9. The number of carbonyl (C=O) groups is 1. The van der Waals surface area contributed by atoms with E-state index in [1.54, 1.807) is 0 Å². The smallest absolute Gasteiger partial charge is 0.224 e. The van der Waals surface area contributed by atoms with Gasteiger partial charge in [0.05, 0.1) is 11.7 Å². The van der Waals surface area contributed by atoms with E-state index in [0.717, 1.165) is 25.7 Å². The van der Waals surface area contributed by atoms with E-state index in [9.17, 15) is 13.2 Å². The molecule has 1 heterocycles. The molecule has 0 radical (unpaired) electrons. The third-order valence-corrected chi connectivity index (χ3v) is 6.76. The fourth-order valence-corrected chi connectivity index (χ4v) is 4.72. The van der Waals surface area contributed by atoms with E-state index in [4.69, 9.17) is 0 Å². The van der Waals surface area contributed by atoms with Crippen LogP contribution in [0.1, 0.15) is 65.7 Å². The predicted molar refractivity (Wildman–Crippen MR) is 94.7 cm³/mol. The second kappa shape index (κ2) is 10.3. The molecule has 0 spiro atoms. The molecule has 1 saturated heterocycles. The Hall–Kier alpha value is -0.620. The molecule has 0 aromatic rings. The lowest BCUT2D eigenvalue weighted by Crippen LogP contribution is -2.46. The molecule has 0 aromatic carbocycles. The minimum Gasteiger partial charge on any atom is -0.356 e. The number of hydrogen-bond acceptors (Lipinski definition) is 3. The van der Waals surface area contributed by atoms with E-state index in [-0.39, 0.29) is 17.6 Å². The number of nitrogens with one attached hydrogen (secondary N) is 1. The quantitative estimate of drug-likeness (QED) is 0.661. The van der Waals surface area contributed by atoms with Crippen LogP contribution in [-0.4, -0.2) is 44.0 Å². The van der Waals surface area contributed by atoms with E-state index in [1.807, 2.05) is 6.92 Å². The van der Waals surface area contributed by atoms with Crippen molar-refractivity contribution in [2.45, 2.75) is 65.7 Å². The minimum atomic E-state index is -3.19. The molecule has 1 rings (SSSR count). The Morgan fingerprint density at radius 1 is 1.26 bits per heavy atom. The summed E-state index contributed by atoms with van der Waals surface area (Å²) in [5.74, 6) is 0.536. The Bertz CT molecular complexity index is 451. The zero-order valence-electron chi connectivity index (χ0n) is 15.0. The number of carbonyl (C=O) groups excluding carboxylic acids is 1. The van der Waals surface area contributed by atoms with Crippen LogP contribution in [0, 0.1) is 11.8 Å². The van der Waals surface area contributed by atoms with Crippen molar-refractivity contribution in [1.82, 2.24) is 9.62 Å².